The predicted molar refractivity (Wildman–Crippen MR) is 111 cm³/mol. The highest BCUT2D eigenvalue weighted by atomic mass is 32.1. The van der Waals surface area contributed by atoms with Gasteiger partial charge in [0.15, 0.2) is 0 Å². The Morgan fingerprint density at radius 3 is 2.57 bits per heavy atom. The quantitative estimate of drug-likeness (QED) is 0.257. The van der Waals surface area contributed by atoms with E-state index in [9.17, 15) is 0 Å². The lowest BCUT2D eigenvalue weighted by Gasteiger charge is -2.20. The molecule has 0 aromatic rings. The fourth-order valence-corrected chi connectivity index (χ4v) is 3.58. The Kier molecular flexibility index (Phi) is 9.13. The lowest BCUT2D eigenvalue weighted by atomic mass is 9.56. The highest BCUT2D eigenvalue weighted by molar-refractivity contribution is 8.11. The molecule has 2 unspecified atom stereocenters. The van der Waals surface area contributed by atoms with Gasteiger partial charge in [0.25, 0.3) is 0 Å². The minimum atomic E-state index is 0.348. The van der Waals surface area contributed by atoms with Gasteiger partial charge in [-0.05, 0) is 44.1 Å². The van der Waals surface area contributed by atoms with Crippen LogP contribution >= 0.6 is 12.5 Å². The molecule has 0 saturated heterocycles. The van der Waals surface area contributed by atoms with Gasteiger partial charge in [-0.2, -0.15) is 0 Å². The van der Waals surface area contributed by atoms with Crippen LogP contribution in [0.4, 0.5) is 0 Å². The summed E-state index contributed by atoms with van der Waals surface area (Å²) in [7, 11) is 0. The van der Waals surface area contributed by atoms with Crippen molar-refractivity contribution in [2.75, 3.05) is 0 Å². The summed E-state index contributed by atoms with van der Waals surface area (Å²) in [5.41, 5.74) is 5.81. The van der Waals surface area contributed by atoms with Crippen LogP contribution in [-0.4, -0.2) is 5.99 Å². The molecule has 0 N–H and O–H groups in total. The minimum absolute atomic E-state index is 0.348. The summed E-state index contributed by atoms with van der Waals surface area (Å²) >= 11 is 4.85. The first-order chi connectivity index (χ1) is 10.9. The van der Waals surface area contributed by atoms with Gasteiger partial charge in [-0.25, -0.2) is 12.5 Å². The van der Waals surface area contributed by atoms with Crippen molar-refractivity contribution in [3.8, 4) is 0 Å². The average molecular weight is 330 g/mol. The molecule has 2 atom stereocenters. The molecule has 0 aromatic heterocycles. The smallest absolute Gasteiger partial charge is 0.220 e. The normalized spacial score (nSPS) is 17.6. The molecule has 0 aliphatic heterocycles. The molecule has 23 heavy (non-hydrogen) atoms. The molecular formula is C21H35BS. The first-order valence-electron chi connectivity index (χ1n) is 9.36. The maximum absolute atomic E-state index is 4.85. The molecule has 1 aliphatic carbocycles. The maximum Gasteiger partial charge on any atom is 0.240 e. The van der Waals surface area contributed by atoms with Crippen LogP contribution in [0, 0.1) is 5.92 Å². The molecule has 0 bridgehead atoms. The van der Waals surface area contributed by atoms with Crippen molar-refractivity contribution in [1.82, 2.24) is 0 Å². The first-order valence-corrected chi connectivity index (χ1v) is 9.88. The van der Waals surface area contributed by atoms with Crippen LogP contribution < -0.4 is 0 Å². The van der Waals surface area contributed by atoms with Gasteiger partial charge in [0, 0.05) is 0 Å². The zero-order valence-corrected chi connectivity index (χ0v) is 16.8. The maximum atomic E-state index is 4.85. The van der Waals surface area contributed by atoms with Crippen LogP contribution in [0.2, 0.25) is 5.82 Å². The van der Waals surface area contributed by atoms with Gasteiger partial charge in [0.2, 0.25) is 5.99 Å². The van der Waals surface area contributed by atoms with Gasteiger partial charge in [-0.1, -0.05) is 87.8 Å². The van der Waals surface area contributed by atoms with Crippen molar-refractivity contribution in [3.05, 3.63) is 47.0 Å². The van der Waals surface area contributed by atoms with Crippen LogP contribution in [0.15, 0.2) is 47.0 Å². The second-order valence-corrected chi connectivity index (χ2v) is 7.64. The molecule has 0 fully saturated rings. The van der Waals surface area contributed by atoms with Crippen molar-refractivity contribution in [2.24, 2.45) is 5.92 Å². The molecule has 0 spiro atoms. The number of hydrogen-bond acceptors (Lipinski definition) is 1. The Hall–Kier alpha value is -0.625. The van der Waals surface area contributed by atoms with E-state index in [2.05, 4.69) is 59.4 Å². The van der Waals surface area contributed by atoms with Crippen molar-refractivity contribution < 1.29 is 0 Å². The van der Waals surface area contributed by atoms with Crippen molar-refractivity contribution >= 4 is 18.5 Å². The van der Waals surface area contributed by atoms with E-state index in [1.807, 2.05) is 0 Å². The fraction of sp³-hybridized carbons (Fsp3) is 0.619. The van der Waals surface area contributed by atoms with Gasteiger partial charge >= 0.3 is 0 Å². The van der Waals surface area contributed by atoms with Crippen molar-refractivity contribution in [1.29, 1.82) is 0 Å². The predicted octanol–water partition coefficient (Wildman–Crippen LogP) is 7.22. The Morgan fingerprint density at radius 1 is 1.30 bits per heavy atom. The summed E-state index contributed by atoms with van der Waals surface area (Å²) in [6.07, 6.45) is 14.0. The van der Waals surface area contributed by atoms with E-state index in [-0.39, 0.29) is 0 Å². The van der Waals surface area contributed by atoms with Gasteiger partial charge in [-0.3, -0.25) is 0 Å². The minimum Gasteiger partial charge on any atom is -0.220 e. The third-order valence-corrected chi connectivity index (χ3v) is 6.14. The van der Waals surface area contributed by atoms with E-state index in [1.165, 1.54) is 41.5 Å². The number of rotatable bonds is 9. The Balaban J connectivity index is 2.87. The Morgan fingerprint density at radius 2 is 2.00 bits per heavy atom. The van der Waals surface area contributed by atoms with E-state index >= 15 is 0 Å². The third kappa shape index (κ3) is 6.06. The van der Waals surface area contributed by atoms with Crippen LogP contribution in [0.5, 0.6) is 0 Å². The number of thiol groups is 1. The standard InChI is InChI=1S/C21H35BS/c1-7-10-19(16(4)8-2)15-20-12-14-21(13-11-17(20)5)22(23)18(6)9-3/h12-14,18-19,23H,4,7-11,15H2,1-3,5-6H3. The van der Waals surface area contributed by atoms with Crippen LogP contribution in [0.1, 0.15) is 73.1 Å². The third-order valence-electron chi connectivity index (χ3n) is 5.33. The molecule has 0 heterocycles. The molecule has 1 aliphatic rings. The van der Waals surface area contributed by atoms with E-state index < -0.39 is 0 Å². The Bertz CT molecular complexity index is 484. The van der Waals surface area contributed by atoms with Crippen LogP contribution in [-0.2, 0) is 0 Å². The molecule has 0 aromatic carbocycles. The van der Waals surface area contributed by atoms with Crippen molar-refractivity contribution in [2.45, 2.75) is 79.0 Å². The van der Waals surface area contributed by atoms with E-state index in [1.54, 1.807) is 0 Å². The highest BCUT2D eigenvalue weighted by Crippen LogP contribution is 2.32. The zero-order chi connectivity index (χ0) is 17.4. The Labute approximate surface area is 150 Å². The van der Waals surface area contributed by atoms with Gasteiger partial charge < -0.3 is 0 Å². The lowest BCUT2D eigenvalue weighted by molar-refractivity contribution is 0.536. The summed E-state index contributed by atoms with van der Waals surface area (Å²) in [4.78, 5) is 0. The molecular weight excluding hydrogens is 295 g/mol. The SMILES string of the molecule is C=C(CC)C(CCC)CC1=C(C)CC=C(B(S)C(C)CC)C=C1. The summed E-state index contributed by atoms with van der Waals surface area (Å²) in [6, 6.07) is 0. The molecule has 128 valence electrons. The summed E-state index contributed by atoms with van der Waals surface area (Å²) in [5, 5.41) is 0. The fourth-order valence-electron chi connectivity index (χ4n) is 3.18. The zero-order valence-electron chi connectivity index (χ0n) is 15.9. The molecule has 2 heteroatoms. The molecule has 0 saturated carbocycles. The number of allylic oxidation sites excluding steroid dienone is 7. The van der Waals surface area contributed by atoms with Gasteiger partial charge in [0.1, 0.15) is 0 Å². The largest absolute Gasteiger partial charge is 0.240 e. The van der Waals surface area contributed by atoms with Crippen LogP contribution in [0.25, 0.3) is 0 Å². The summed E-state index contributed by atoms with van der Waals surface area (Å²) < 4.78 is 0. The van der Waals surface area contributed by atoms with E-state index in [0.717, 1.165) is 19.3 Å². The van der Waals surface area contributed by atoms with Gasteiger partial charge in [-0.15, -0.1) is 0 Å². The van der Waals surface area contributed by atoms with Crippen molar-refractivity contribution in [3.63, 3.8) is 0 Å². The molecule has 1 rings (SSSR count). The molecule has 0 amide bonds. The summed E-state index contributed by atoms with van der Waals surface area (Å²) in [5.74, 6) is 1.59. The van der Waals surface area contributed by atoms with E-state index in [0.29, 0.717) is 17.7 Å². The van der Waals surface area contributed by atoms with E-state index in [4.69, 9.17) is 12.5 Å². The molecule has 0 radical (unpaired) electrons. The average Bonchev–Trinajstić information content (AvgIpc) is 2.74. The number of hydrogen-bond donors (Lipinski definition) is 1. The monoisotopic (exact) mass is 330 g/mol. The second-order valence-electron chi connectivity index (χ2n) is 7.08. The first kappa shape index (κ1) is 20.4. The van der Waals surface area contributed by atoms with Gasteiger partial charge in [0.05, 0.1) is 0 Å². The summed E-state index contributed by atoms with van der Waals surface area (Å²) in [6.45, 7) is 15.6. The highest BCUT2D eigenvalue weighted by Gasteiger charge is 2.21. The topological polar surface area (TPSA) is 0 Å². The molecule has 0 nitrogen and oxygen atoms in total. The lowest BCUT2D eigenvalue weighted by Crippen LogP contribution is -2.13. The second kappa shape index (κ2) is 10.3. The van der Waals surface area contributed by atoms with Crippen LogP contribution in [0.3, 0.4) is 0 Å².